The van der Waals surface area contributed by atoms with Gasteiger partial charge in [-0.1, -0.05) is 57.3 Å². The Kier molecular flexibility index (Phi) is 8.40. The van der Waals surface area contributed by atoms with Gasteiger partial charge in [-0.15, -0.1) is 0 Å². The van der Waals surface area contributed by atoms with E-state index in [-0.39, 0.29) is 12.2 Å². The fourth-order valence-electron chi connectivity index (χ4n) is 2.95. The molecule has 1 amide bonds. The van der Waals surface area contributed by atoms with Crippen LogP contribution in [0.15, 0.2) is 64.6 Å². The minimum absolute atomic E-state index is 0.0547. The topological polar surface area (TPSA) is 71.3 Å². The summed E-state index contributed by atoms with van der Waals surface area (Å²) >= 11 is 15.6. The highest BCUT2D eigenvalue weighted by atomic mass is 79.9. The lowest BCUT2D eigenvalue weighted by Gasteiger charge is -2.14. The largest absolute Gasteiger partial charge is 0.493 e. The van der Waals surface area contributed by atoms with Crippen molar-refractivity contribution in [2.24, 2.45) is 0 Å². The van der Waals surface area contributed by atoms with E-state index >= 15 is 0 Å². The quantitative estimate of drug-likeness (QED) is 0.252. The monoisotopic (exact) mass is 544 g/mol. The SMILES string of the molecule is COc1cc(/C=C(\C#N)C(=O)Nc2cccc(C)c2)c(Br)cc1OCc1ccc(Cl)cc1Cl. The van der Waals surface area contributed by atoms with Gasteiger partial charge in [-0.05, 0) is 60.5 Å². The number of amides is 1. The number of methoxy groups -OCH3 is 1. The molecule has 0 aliphatic heterocycles. The summed E-state index contributed by atoms with van der Waals surface area (Å²) in [5.41, 5.74) is 2.91. The molecule has 0 heterocycles. The number of carbonyl (C=O) groups excluding carboxylic acids is 1. The fraction of sp³-hybridized carbons (Fsp3) is 0.120. The first-order valence-corrected chi connectivity index (χ1v) is 11.3. The number of nitrogens with zero attached hydrogens (tertiary/aromatic N) is 1. The summed E-state index contributed by atoms with van der Waals surface area (Å²) in [6.07, 6.45) is 1.48. The van der Waals surface area contributed by atoms with E-state index in [2.05, 4.69) is 21.2 Å². The molecular formula is C25H19BrCl2N2O3. The minimum Gasteiger partial charge on any atom is -0.493 e. The highest BCUT2D eigenvalue weighted by Crippen LogP contribution is 2.35. The van der Waals surface area contributed by atoms with Crippen LogP contribution in [-0.2, 0) is 11.4 Å². The Bertz CT molecular complexity index is 1270. The number of nitrogens with one attached hydrogen (secondary N) is 1. The van der Waals surface area contributed by atoms with E-state index in [0.717, 1.165) is 11.1 Å². The third-order valence-electron chi connectivity index (χ3n) is 4.62. The van der Waals surface area contributed by atoms with Crippen molar-refractivity contribution in [1.29, 1.82) is 5.26 Å². The summed E-state index contributed by atoms with van der Waals surface area (Å²) in [6.45, 7) is 2.13. The average Bonchev–Trinajstić information content (AvgIpc) is 2.77. The maximum atomic E-state index is 12.6. The maximum Gasteiger partial charge on any atom is 0.266 e. The van der Waals surface area contributed by atoms with Crippen LogP contribution in [0.25, 0.3) is 6.08 Å². The van der Waals surface area contributed by atoms with Crippen molar-refractivity contribution >= 4 is 56.8 Å². The number of hydrogen-bond acceptors (Lipinski definition) is 4. The Morgan fingerprint density at radius 3 is 2.61 bits per heavy atom. The first-order chi connectivity index (χ1) is 15.8. The number of hydrogen-bond donors (Lipinski definition) is 1. The summed E-state index contributed by atoms with van der Waals surface area (Å²) in [5, 5.41) is 13.3. The maximum absolute atomic E-state index is 12.6. The van der Waals surface area contributed by atoms with Crippen LogP contribution in [0.4, 0.5) is 5.69 Å². The normalized spacial score (nSPS) is 11.0. The first-order valence-electron chi connectivity index (χ1n) is 9.74. The van der Waals surface area contributed by atoms with Crippen molar-refractivity contribution < 1.29 is 14.3 Å². The molecule has 0 atom stereocenters. The fourth-order valence-corrected chi connectivity index (χ4v) is 3.85. The van der Waals surface area contributed by atoms with Crippen LogP contribution < -0.4 is 14.8 Å². The molecule has 0 unspecified atom stereocenters. The molecular weight excluding hydrogens is 527 g/mol. The van der Waals surface area contributed by atoms with E-state index in [9.17, 15) is 10.1 Å². The molecule has 3 aromatic carbocycles. The van der Waals surface area contributed by atoms with Gasteiger partial charge in [0.25, 0.3) is 5.91 Å². The molecule has 0 spiro atoms. The lowest BCUT2D eigenvalue weighted by Crippen LogP contribution is -2.13. The molecule has 1 N–H and O–H groups in total. The zero-order valence-corrected chi connectivity index (χ0v) is 20.9. The number of benzene rings is 3. The minimum atomic E-state index is -0.508. The molecule has 33 heavy (non-hydrogen) atoms. The molecule has 0 aliphatic rings. The Morgan fingerprint density at radius 1 is 1.15 bits per heavy atom. The molecule has 0 saturated heterocycles. The Balaban J connectivity index is 1.83. The zero-order valence-electron chi connectivity index (χ0n) is 17.8. The Labute approximate surface area is 210 Å². The second kappa shape index (κ2) is 11.2. The van der Waals surface area contributed by atoms with Crippen molar-refractivity contribution in [2.75, 3.05) is 12.4 Å². The average molecular weight is 546 g/mol. The number of anilines is 1. The third kappa shape index (κ3) is 6.52. The van der Waals surface area contributed by atoms with Gasteiger partial charge >= 0.3 is 0 Å². The van der Waals surface area contributed by atoms with Gasteiger partial charge < -0.3 is 14.8 Å². The van der Waals surface area contributed by atoms with Crippen LogP contribution in [0, 0.1) is 18.3 Å². The van der Waals surface area contributed by atoms with Crippen molar-refractivity contribution in [3.05, 3.63) is 91.4 Å². The second-order valence-corrected chi connectivity index (χ2v) is 8.74. The zero-order chi connectivity index (χ0) is 24.0. The number of halogens is 3. The molecule has 5 nitrogen and oxygen atoms in total. The van der Waals surface area contributed by atoms with E-state index < -0.39 is 5.91 Å². The van der Waals surface area contributed by atoms with Gasteiger partial charge in [-0.2, -0.15) is 5.26 Å². The lowest BCUT2D eigenvalue weighted by molar-refractivity contribution is -0.112. The molecule has 168 valence electrons. The van der Waals surface area contributed by atoms with E-state index in [1.165, 1.54) is 13.2 Å². The highest BCUT2D eigenvalue weighted by molar-refractivity contribution is 9.10. The Morgan fingerprint density at radius 2 is 1.94 bits per heavy atom. The van der Waals surface area contributed by atoms with Gasteiger partial charge in [0.1, 0.15) is 18.2 Å². The van der Waals surface area contributed by atoms with Crippen molar-refractivity contribution in [1.82, 2.24) is 0 Å². The lowest BCUT2D eigenvalue weighted by atomic mass is 10.1. The molecule has 0 saturated carbocycles. The highest BCUT2D eigenvalue weighted by Gasteiger charge is 2.14. The molecule has 0 aromatic heterocycles. The second-order valence-electron chi connectivity index (χ2n) is 7.04. The van der Waals surface area contributed by atoms with Gasteiger partial charge in [0.05, 0.1) is 7.11 Å². The van der Waals surface area contributed by atoms with Crippen LogP contribution in [0.2, 0.25) is 10.0 Å². The summed E-state index contributed by atoms with van der Waals surface area (Å²) < 4.78 is 12.0. The molecule has 0 aliphatic carbocycles. The van der Waals surface area contributed by atoms with E-state index in [4.69, 9.17) is 32.7 Å². The molecule has 0 bridgehead atoms. The summed E-state index contributed by atoms with van der Waals surface area (Å²) in [7, 11) is 1.51. The number of ether oxygens (including phenoxy) is 2. The summed E-state index contributed by atoms with van der Waals surface area (Å²) in [5.74, 6) is 0.396. The predicted molar refractivity (Wildman–Crippen MR) is 135 cm³/mol. The standard InChI is InChI=1S/C25H19BrCl2N2O3/c1-15-4-3-5-20(8-15)30-25(31)18(13-29)9-17-10-23(32-2)24(12-21(17)26)33-14-16-6-7-19(27)11-22(16)28/h3-12H,14H2,1-2H3,(H,30,31)/b18-9+. The number of nitriles is 1. The van der Waals surface area contributed by atoms with Crippen molar-refractivity contribution in [2.45, 2.75) is 13.5 Å². The smallest absolute Gasteiger partial charge is 0.266 e. The number of rotatable bonds is 7. The van der Waals surface area contributed by atoms with Gasteiger partial charge in [0.2, 0.25) is 0 Å². The van der Waals surface area contributed by atoms with Crippen LogP contribution >= 0.6 is 39.1 Å². The van der Waals surface area contributed by atoms with Gasteiger partial charge in [-0.3, -0.25) is 4.79 Å². The van der Waals surface area contributed by atoms with Crippen LogP contribution in [-0.4, -0.2) is 13.0 Å². The van der Waals surface area contributed by atoms with E-state index in [0.29, 0.717) is 37.3 Å². The summed E-state index contributed by atoms with van der Waals surface area (Å²) in [4.78, 5) is 12.6. The van der Waals surface area contributed by atoms with Gasteiger partial charge in [-0.25, -0.2) is 0 Å². The molecule has 0 fully saturated rings. The van der Waals surface area contributed by atoms with Crippen molar-refractivity contribution in [3.8, 4) is 17.6 Å². The molecule has 8 heteroatoms. The van der Waals surface area contributed by atoms with Crippen LogP contribution in [0.5, 0.6) is 11.5 Å². The van der Waals surface area contributed by atoms with E-state index in [1.807, 2.05) is 31.2 Å². The first kappa shape index (κ1) is 24.7. The predicted octanol–water partition coefficient (Wildman–Crippen LogP) is 7.20. The number of carbonyl (C=O) groups is 1. The Hall–Kier alpha value is -2.98. The molecule has 0 radical (unpaired) electrons. The number of aryl methyl sites for hydroxylation is 1. The van der Waals surface area contributed by atoms with Crippen LogP contribution in [0.1, 0.15) is 16.7 Å². The third-order valence-corrected chi connectivity index (χ3v) is 5.90. The summed E-state index contributed by atoms with van der Waals surface area (Å²) in [6, 6.07) is 17.9. The van der Waals surface area contributed by atoms with Crippen LogP contribution in [0.3, 0.4) is 0 Å². The van der Waals surface area contributed by atoms with Crippen molar-refractivity contribution in [3.63, 3.8) is 0 Å². The molecule has 3 rings (SSSR count). The van der Waals surface area contributed by atoms with Gasteiger partial charge in [0.15, 0.2) is 11.5 Å². The van der Waals surface area contributed by atoms with Gasteiger partial charge in [0, 0.05) is 25.8 Å². The van der Waals surface area contributed by atoms with E-state index in [1.54, 1.807) is 36.4 Å². The molecule has 3 aromatic rings.